The summed E-state index contributed by atoms with van der Waals surface area (Å²) in [7, 11) is 1.80. The first-order chi connectivity index (χ1) is 7.59. The molecule has 0 fully saturated rings. The summed E-state index contributed by atoms with van der Waals surface area (Å²) in [6, 6.07) is 0.500. The first kappa shape index (κ1) is 13.7. The molecule has 0 aromatic heterocycles. The van der Waals surface area contributed by atoms with Gasteiger partial charge in [0.1, 0.15) is 0 Å². The van der Waals surface area contributed by atoms with E-state index in [0.29, 0.717) is 6.04 Å². The van der Waals surface area contributed by atoms with Gasteiger partial charge in [0.05, 0.1) is 5.60 Å². The van der Waals surface area contributed by atoms with Crippen LogP contribution < -0.4 is 5.32 Å². The normalized spacial score (nSPS) is 19.4. The van der Waals surface area contributed by atoms with Crippen molar-refractivity contribution in [2.24, 2.45) is 0 Å². The van der Waals surface area contributed by atoms with Crippen LogP contribution in [0.3, 0.4) is 0 Å². The second-order valence-corrected chi connectivity index (χ2v) is 5.30. The van der Waals surface area contributed by atoms with Crippen LogP contribution in [0, 0.1) is 0 Å². The topological polar surface area (TPSA) is 21.3 Å². The van der Waals surface area contributed by atoms with E-state index in [-0.39, 0.29) is 5.60 Å². The third-order valence-corrected chi connectivity index (χ3v) is 3.47. The Labute approximate surface area is 100 Å². The van der Waals surface area contributed by atoms with E-state index in [1.54, 1.807) is 12.7 Å². The fraction of sp³-hybridized carbons (Fsp3) is 0.857. The Bertz CT molecular complexity index is 233. The van der Waals surface area contributed by atoms with Crippen LogP contribution in [0.1, 0.15) is 52.9 Å². The van der Waals surface area contributed by atoms with Crippen molar-refractivity contribution in [3.8, 4) is 0 Å². The number of likely N-dealkylation sites (N-methyl/N-ethyl adjacent to an activating group) is 1. The highest BCUT2D eigenvalue weighted by Crippen LogP contribution is 2.26. The summed E-state index contributed by atoms with van der Waals surface area (Å²) < 4.78 is 5.54. The number of methoxy groups -OCH3 is 1. The summed E-state index contributed by atoms with van der Waals surface area (Å²) in [4.78, 5) is 0. The van der Waals surface area contributed by atoms with Gasteiger partial charge in [-0.15, -0.1) is 0 Å². The lowest BCUT2D eigenvalue weighted by molar-refractivity contribution is 0.00969. The van der Waals surface area contributed by atoms with Gasteiger partial charge < -0.3 is 10.1 Å². The van der Waals surface area contributed by atoms with Crippen LogP contribution in [0.2, 0.25) is 0 Å². The number of ether oxygens (including phenoxy) is 1. The van der Waals surface area contributed by atoms with Gasteiger partial charge in [0, 0.05) is 13.2 Å². The van der Waals surface area contributed by atoms with Crippen molar-refractivity contribution < 1.29 is 4.74 Å². The van der Waals surface area contributed by atoms with Crippen LogP contribution in [0.5, 0.6) is 0 Å². The number of hydrogen-bond acceptors (Lipinski definition) is 2. The van der Waals surface area contributed by atoms with E-state index < -0.39 is 0 Å². The zero-order chi connectivity index (χ0) is 12.0. The quantitative estimate of drug-likeness (QED) is 0.700. The minimum absolute atomic E-state index is 0.0366. The molecule has 0 saturated heterocycles. The second-order valence-electron chi connectivity index (χ2n) is 5.30. The number of allylic oxidation sites excluding steroid dienone is 1. The molecule has 1 atom stereocenters. The fourth-order valence-electron chi connectivity index (χ4n) is 2.34. The molecule has 1 N–H and O–H groups in total. The average molecular weight is 225 g/mol. The minimum atomic E-state index is -0.0366. The van der Waals surface area contributed by atoms with Gasteiger partial charge in [0.2, 0.25) is 0 Å². The van der Waals surface area contributed by atoms with E-state index in [2.05, 4.69) is 32.2 Å². The zero-order valence-corrected chi connectivity index (χ0v) is 11.3. The van der Waals surface area contributed by atoms with Gasteiger partial charge in [-0.05, 0) is 52.5 Å². The van der Waals surface area contributed by atoms with Crippen LogP contribution in [0.25, 0.3) is 0 Å². The molecular weight excluding hydrogens is 198 g/mol. The second kappa shape index (κ2) is 6.41. The van der Waals surface area contributed by atoms with Gasteiger partial charge in [0.25, 0.3) is 0 Å². The lowest BCUT2D eigenvalue weighted by atomic mass is 9.87. The van der Waals surface area contributed by atoms with E-state index in [0.717, 1.165) is 13.0 Å². The summed E-state index contributed by atoms with van der Waals surface area (Å²) in [5, 5.41) is 3.59. The van der Waals surface area contributed by atoms with Crippen LogP contribution >= 0.6 is 0 Å². The van der Waals surface area contributed by atoms with Crippen molar-refractivity contribution in [2.45, 2.75) is 64.5 Å². The Morgan fingerprint density at radius 2 is 2.19 bits per heavy atom. The summed E-state index contributed by atoms with van der Waals surface area (Å²) in [6.07, 6.45) is 8.71. The summed E-state index contributed by atoms with van der Waals surface area (Å²) in [5.41, 5.74) is 1.56. The van der Waals surface area contributed by atoms with Gasteiger partial charge in [-0.3, -0.25) is 0 Å². The maximum Gasteiger partial charge on any atom is 0.0640 e. The molecule has 1 aliphatic rings. The van der Waals surface area contributed by atoms with Gasteiger partial charge in [-0.25, -0.2) is 0 Å². The summed E-state index contributed by atoms with van der Waals surface area (Å²) >= 11 is 0. The molecule has 0 saturated carbocycles. The van der Waals surface area contributed by atoms with Crippen molar-refractivity contribution in [1.82, 2.24) is 5.32 Å². The Morgan fingerprint density at radius 1 is 1.44 bits per heavy atom. The third kappa shape index (κ3) is 4.26. The van der Waals surface area contributed by atoms with Crippen molar-refractivity contribution in [2.75, 3.05) is 13.7 Å². The first-order valence-corrected chi connectivity index (χ1v) is 6.56. The van der Waals surface area contributed by atoms with Gasteiger partial charge in [-0.1, -0.05) is 18.6 Å². The Balaban J connectivity index is 2.62. The smallest absolute Gasteiger partial charge is 0.0640 e. The molecule has 0 heterocycles. The molecule has 0 aromatic carbocycles. The monoisotopic (exact) mass is 225 g/mol. The first-order valence-electron chi connectivity index (χ1n) is 6.56. The minimum Gasteiger partial charge on any atom is -0.379 e. The van der Waals surface area contributed by atoms with Crippen molar-refractivity contribution in [3.63, 3.8) is 0 Å². The fourth-order valence-corrected chi connectivity index (χ4v) is 2.34. The predicted octanol–water partition coefficient (Wildman–Crippen LogP) is 3.28. The van der Waals surface area contributed by atoms with Gasteiger partial charge in [-0.2, -0.15) is 0 Å². The lowest BCUT2D eigenvalue weighted by Crippen LogP contribution is -2.39. The highest BCUT2D eigenvalue weighted by atomic mass is 16.5. The van der Waals surface area contributed by atoms with Crippen molar-refractivity contribution in [1.29, 1.82) is 0 Å². The van der Waals surface area contributed by atoms with Crippen LogP contribution in [-0.2, 0) is 4.74 Å². The maximum absolute atomic E-state index is 5.54. The molecule has 94 valence electrons. The van der Waals surface area contributed by atoms with E-state index >= 15 is 0 Å². The molecule has 16 heavy (non-hydrogen) atoms. The van der Waals surface area contributed by atoms with E-state index in [1.165, 1.54) is 25.7 Å². The number of hydrogen-bond donors (Lipinski definition) is 1. The van der Waals surface area contributed by atoms with E-state index in [1.807, 2.05) is 0 Å². The van der Waals surface area contributed by atoms with Crippen LogP contribution in [-0.4, -0.2) is 25.3 Å². The Hall–Kier alpha value is -0.340. The Kier molecular flexibility index (Phi) is 5.50. The maximum atomic E-state index is 5.54. The molecule has 0 bridgehead atoms. The third-order valence-electron chi connectivity index (χ3n) is 3.47. The van der Waals surface area contributed by atoms with Gasteiger partial charge in [0.15, 0.2) is 0 Å². The highest BCUT2D eigenvalue weighted by molar-refractivity contribution is 5.14. The number of rotatable bonds is 6. The van der Waals surface area contributed by atoms with E-state index in [9.17, 15) is 0 Å². The average Bonchev–Trinajstić information content (AvgIpc) is 2.29. The van der Waals surface area contributed by atoms with Crippen molar-refractivity contribution >= 4 is 0 Å². The van der Waals surface area contributed by atoms with Crippen molar-refractivity contribution in [3.05, 3.63) is 11.6 Å². The summed E-state index contributed by atoms with van der Waals surface area (Å²) in [6.45, 7) is 7.54. The molecule has 1 aliphatic carbocycles. The van der Waals surface area contributed by atoms with E-state index in [4.69, 9.17) is 4.74 Å². The molecular formula is C14H27NO. The largest absolute Gasteiger partial charge is 0.379 e. The molecule has 0 spiro atoms. The molecule has 0 aliphatic heterocycles. The summed E-state index contributed by atoms with van der Waals surface area (Å²) in [5.74, 6) is 0. The molecule has 1 unspecified atom stereocenters. The predicted molar refractivity (Wildman–Crippen MR) is 69.7 cm³/mol. The lowest BCUT2D eigenvalue weighted by Gasteiger charge is -2.31. The standard InChI is InChI=1S/C14H27NO/c1-5-15-13(11-14(2,3)16-4)12-9-7-6-8-10-12/h9,13,15H,5-8,10-11H2,1-4H3. The molecule has 0 radical (unpaired) electrons. The van der Waals surface area contributed by atoms with Crippen LogP contribution in [0.15, 0.2) is 11.6 Å². The molecule has 2 nitrogen and oxygen atoms in total. The Morgan fingerprint density at radius 3 is 2.69 bits per heavy atom. The molecule has 0 aromatic rings. The number of nitrogens with one attached hydrogen (secondary N) is 1. The van der Waals surface area contributed by atoms with Crippen LogP contribution in [0.4, 0.5) is 0 Å². The highest BCUT2D eigenvalue weighted by Gasteiger charge is 2.25. The zero-order valence-electron chi connectivity index (χ0n) is 11.3. The SMILES string of the molecule is CCNC(CC(C)(C)OC)C1=CCCCC1. The molecule has 1 rings (SSSR count). The molecule has 2 heteroatoms. The van der Waals surface area contributed by atoms with Gasteiger partial charge >= 0.3 is 0 Å². The molecule has 0 amide bonds.